The van der Waals surface area contributed by atoms with Crippen molar-refractivity contribution in [3.63, 3.8) is 0 Å². The van der Waals surface area contributed by atoms with Crippen molar-refractivity contribution in [2.45, 2.75) is 17.7 Å². The maximum absolute atomic E-state index is 13.6. The molecule has 1 saturated carbocycles. The van der Waals surface area contributed by atoms with E-state index in [4.69, 9.17) is 5.73 Å². The number of likely N-dealkylation sites (N-methyl/N-ethyl adjacent to an activating group) is 1. The van der Waals surface area contributed by atoms with E-state index in [1.807, 2.05) is 0 Å². The van der Waals surface area contributed by atoms with Gasteiger partial charge in [0, 0.05) is 5.92 Å². The zero-order valence-electron chi connectivity index (χ0n) is 17.6. The van der Waals surface area contributed by atoms with Gasteiger partial charge in [0.1, 0.15) is 22.8 Å². The maximum atomic E-state index is 13.6. The molecule has 11 heteroatoms. The molecule has 0 aliphatic heterocycles. The van der Waals surface area contributed by atoms with Gasteiger partial charge in [-0.3, -0.25) is 19.3 Å². The van der Waals surface area contributed by atoms with Gasteiger partial charge in [0.05, 0.1) is 29.2 Å². The van der Waals surface area contributed by atoms with Crippen LogP contribution >= 0.6 is 12.4 Å². The fourth-order valence-electron chi connectivity index (χ4n) is 5.21. The Morgan fingerprint density at radius 2 is 1.79 bits per heavy atom. The number of phenolic OH excluding ortho intramolecular Hbond substituents is 1. The van der Waals surface area contributed by atoms with Crippen LogP contribution in [0.2, 0.25) is 0 Å². The van der Waals surface area contributed by atoms with Crippen LogP contribution in [0.15, 0.2) is 41.7 Å². The first kappa shape index (κ1) is 24.5. The average molecular weight is 479 g/mol. The highest BCUT2D eigenvalue weighted by molar-refractivity contribution is 6.25. The summed E-state index contributed by atoms with van der Waals surface area (Å²) in [6, 6.07) is 2.89. The Morgan fingerprint density at radius 3 is 2.33 bits per heavy atom. The number of carbonyl (C=O) groups excluding carboxylic acids is 3. The molecular formula is C22H23ClN2O8. The van der Waals surface area contributed by atoms with Crippen LogP contribution in [0, 0.1) is 11.8 Å². The Kier molecular flexibility index (Phi) is 5.71. The predicted molar refractivity (Wildman–Crippen MR) is 118 cm³/mol. The number of fused-ring (bicyclic) bond motifs is 3. The van der Waals surface area contributed by atoms with Gasteiger partial charge in [0.15, 0.2) is 11.4 Å². The fourth-order valence-corrected chi connectivity index (χ4v) is 5.21. The van der Waals surface area contributed by atoms with Gasteiger partial charge in [-0.05, 0) is 31.3 Å². The second kappa shape index (κ2) is 7.70. The number of amides is 1. The number of hydrogen-bond acceptors (Lipinski definition) is 9. The average Bonchev–Trinajstić information content (AvgIpc) is 2.70. The number of benzene rings is 1. The minimum absolute atomic E-state index is 0. The third-order valence-corrected chi connectivity index (χ3v) is 6.61. The van der Waals surface area contributed by atoms with Crippen molar-refractivity contribution in [3.05, 3.63) is 52.8 Å². The van der Waals surface area contributed by atoms with Crippen LogP contribution in [0.4, 0.5) is 0 Å². The zero-order valence-corrected chi connectivity index (χ0v) is 18.5. The summed E-state index contributed by atoms with van der Waals surface area (Å²) < 4.78 is 0. The van der Waals surface area contributed by atoms with E-state index >= 15 is 0 Å². The van der Waals surface area contributed by atoms with Crippen molar-refractivity contribution in [3.8, 4) is 5.75 Å². The number of aromatic hydroxyl groups is 1. The van der Waals surface area contributed by atoms with Crippen LogP contribution in [0.25, 0.3) is 11.3 Å². The first-order valence-corrected chi connectivity index (χ1v) is 9.71. The Labute approximate surface area is 194 Å². The second-order valence-corrected chi connectivity index (χ2v) is 8.44. The van der Waals surface area contributed by atoms with E-state index in [1.165, 1.54) is 37.2 Å². The summed E-state index contributed by atoms with van der Waals surface area (Å²) in [4.78, 5) is 39.8. The molecule has 7 N–H and O–H groups in total. The number of ketones is 2. The van der Waals surface area contributed by atoms with E-state index in [-0.39, 0.29) is 34.9 Å². The summed E-state index contributed by atoms with van der Waals surface area (Å²) in [7, 11) is 2.88. The number of primary amides is 1. The summed E-state index contributed by atoms with van der Waals surface area (Å²) >= 11 is 0. The van der Waals surface area contributed by atoms with E-state index in [0.29, 0.717) is 0 Å². The lowest BCUT2D eigenvalue weighted by molar-refractivity contribution is -0.166. The monoisotopic (exact) mass is 478 g/mol. The molecule has 33 heavy (non-hydrogen) atoms. The number of phenols is 1. The SMILES string of the molecule is C=C1c2cccc(O)c2C(O)=C2C(=O)[C@]3(O)C(O)=C(C(N)=O)C(=O)C(N(C)C)C3C(O)C12.Cl. The number of aliphatic hydroxyl groups excluding tert-OH is 3. The van der Waals surface area contributed by atoms with Gasteiger partial charge in [-0.1, -0.05) is 18.7 Å². The summed E-state index contributed by atoms with van der Waals surface area (Å²) in [6.07, 6.45) is -1.69. The molecular weight excluding hydrogens is 456 g/mol. The molecule has 0 spiro atoms. The zero-order chi connectivity index (χ0) is 23.9. The number of carbonyl (C=O) groups is 3. The van der Waals surface area contributed by atoms with Crippen LogP contribution in [0.5, 0.6) is 5.75 Å². The van der Waals surface area contributed by atoms with Gasteiger partial charge in [-0.15, -0.1) is 12.4 Å². The fraction of sp³-hybridized carbons (Fsp3) is 0.318. The predicted octanol–water partition coefficient (Wildman–Crippen LogP) is -0.173. The number of hydrogen-bond donors (Lipinski definition) is 6. The molecule has 1 aromatic rings. The minimum atomic E-state index is -2.94. The van der Waals surface area contributed by atoms with Crippen molar-refractivity contribution in [1.29, 1.82) is 0 Å². The van der Waals surface area contributed by atoms with Crippen molar-refractivity contribution in [1.82, 2.24) is 4.90 Å². The summed E-state index contributed by atoms with van der Waals surface area (Å²) in [6.45, 7) is 3.91. The molecule has 0 saturated heterocycles. The largest absolute Gasteiger partial charge is 0.508 e. The summed E-state index contributed by atoms with van der Waals surface area (Å²) in [5.41, 5.74) is 1.16. The molecule has 3 aliphatic rings. The molecule has 5 atom stereocenters. The van der Waals surface area contributed by atoms with E-state index in [0.717, 1.165) is 0 Å². The van der Waals surface area contributed by atoms with Gasteiger partial charge < -0.3 is 31.3 Å². The molecule has 0 radical (unpaired) electrons. The molecule has 0 aromatic heterocycles. The Balaban J connectivity index is 0.00000306. The lowest BCUT2D eigenvalue weighted by Gasteiger charge is -2.52. The van der Waals surface area contributed by atoms with Crippen LogP contribution in [-0.2, 0) is 14.4 Å². The first-order valence-electron chi connectivity index (χ1n) is 9.71. The van der Waals surface area contributed by atoms with Gasteiger partial charge in [-0.25, -0.2) is 0 Å². The van der Waals surface area contributed by atoms with Crippen LogP contribution in [0.3, 0.4) is 0 Å². The first-order chi connectivity index (χ1) is 14.9. The highest BCUT2D eigenvalue weighted by atomic mass is 35.5. The minimum Gasteiger partial charge on any atom is -0.508 e. The molecule has 4 rings (SSSR count). The molecule has 1 aromatic carbocycles. The number of halogens is 1. The number of aliphatic hydroxyl groups is 4. The lowest BCUT2D eigenvalue weighted by atomic mass is 9.55. The smallest absolute Gasteiger partial charge is 0.255 e. The maximum Gasteiger partial charge on any atom is 0.255 e. The number of Topliss-reactive ketones (excluding diaryl/α,β-unsaturated/α-hetero) is 2. The number of rotatable bonds is 2. The van der Waals surface area contributed by atoms with Crippen LogP contribution in [-0.4, -0.2) is 79.7 Å². The van der Waals surface area contributed by atoms with Gasteiger partial charge in [0.25, 0.3) is 5.91 Å². The highest BCUT2D eigenvalue weighted by Crippen LogP contribution is 2.55. The Morgan fingerprint density at radius 1 is 1.18 bits per heavy atom. The van der Waals surface area contributed by atoms with Crippen molar-refractivity contribution >= 4 is 41.2 Å². The van der Waals surface area contributed by atoms with Crippen molar-refractivity contribution in [2.75, 3.05) is 14.1 Å². The standard InChI is InChI=1S/C22H22N2O8.ClH/c1-7-8-5-4-6-9(25)11(8)16(26)12-10(7)17(27)14-15(24(2)3)18(28)13(21(23)31)20(30)22(14,32)19(12)29;/h4-6,10,14-15,17,25-27,30,32H,1H2,2-3H3,(H2,23,31);1H/t10?,14?,15?,17?,22-;/m0./s1. The van der Waals surface area contributed by atoms with E-state index in [1.54, 1.807) is 0 Å². The highest BCUT2D eigenvalue weighted by Gasteiger charge is 2.68. The second-order valence-electron chi connectivity index (χ2n) is 8.44. The third-order valence-electron chi connectivity index (χ3n) is 6.61. The van der Waals surface area contributed by atoms with Crippen LogP contribution in [0.1, 0.15) is 11.1 Å². The quantitative estimate of drug-likeness (QED) is 0.314. The van der Waals surface area contributed by atoms with Gasteiger partial charge in [-0.2, -0.15) is 0 Å². The van der Waals surface area contributed by atoms with Gasteiger partial charge in [0.2, 0.25) is 5.78 Å². The molecule has 3 aliphatic carbocycles. The van der Waals surface area contributed by atoms with Crippen molar-refractivity contribution < 1.29 is 39.9 Å². The van der Waals surface area contributed by atoms with E-state index in [2.05, 4.69) is 6.58 Å². The molecule has 0 bridgehead atoms. The molecule has 0 heterocycles. The summed E-state index contributed by atoms with van der Waals surface area (Å²) in [5, 5.41) is 54.7. The topological polar surface area (TPSA) is 182 Å². The molecule has 1 amide bonds. The molecule has 4 unspecified atom stereocenters. The molecule has 1 fully saturated rings. The normalized spacial score (nSPS) is 31.1. The van der Waals surface area contributed by atoms with Gasteiger partial charge >= 0.3 is 0 Å². The van der Waals surface area contributed by atoms with E-state index in [9.17, 15) is 39.9 Å². The lowest BCUT2D eigenvalue weighted by Crippen LogP contribution is -2.70. The van der Waals surface area contributed by atoms with E-state index < -0.39 is 69.7 Å². The van der Waals surface area contributed by atoms with Crippen molar-refractivity contribution in [2.24, 2.45) is 17.6 Å². The summed E-state index contributed by atoms with van der Waals surface area (Å²) in [5.74, 6) is -8.78. The molecule has 176 valence electrons. The Hall–Kier alpha value is -3.18. The Bertz CT molecular complexity index is 1190. The third kappa shape index (κ3) is 2.88. The van der Waals surface area contributed by atoms with Crippen LogP contribution < -0.4 is 5.73 Å². The number of nitrogens with two attached hydrogens (primary N) is 1. The molecule has 10 nitrogen and oxygen atoms in total. The number of nitrogens with zero attached hydrogens (tertiary/aromatic N) is 1.